The summed E-state index contributed by atoms with van der Waals surface area (Å²) in [6.07, 6.45) is 0.701. The Kier molecular flexibility index (Phi) is 3.94. The zero-order valence-electron chi connectivity index (χ0n) is 12.6. The Balaban J connectivity index is 2.59. The van der Waals surface area contributed by atoms with Crippen molar-refractivity contribution < 1.29 is 9.84 Å². The van der Waals surface area contributed by atoms with Crippen LogP contribution in [0, 0.1) is 22.8 Å². The zero-order chi connectivity index (χ0) is 16.5. The standard InChI is InChI=1S/C15H17N5O2/c1-15(2)13(21)12(20(3)14(18)19-8-17)10-6-9(7-16)4-5-11(10)22-15/h4-6,12-13,21H,1-3H3,(H2,18,19)/t12-,13+/m1/s1. The number of likely N-dealkylation sites (N-methyl/N-ethyl adjacent to an activating group) is 1. The van der Waals surface area contributed by atoms with Gasteiger partial charge in [0.05, 0.1) is 17.7 Å². The van der Waals surface area contributed by atoms with Crippen LogP contribution in [0.2, 0.25) is 0 Å². The van der Waals surface area contributed by atoms with Gasteiger partial charge in [0.25, 0.3) is 0 Å². The van der Waals surface area contributed by atoms with Crippen molar-refractivity contribution in [1.82, 2.24) is 4.90 Å². The average Bonchev–Trinajstić information content (AvgIpc) is 2.47. The molecule has 0 saturated heterocycles. The van der Waals surface area contributed by atoms with Crippen molar-refractivity contribution >= 4 is 5.96 Å². The number of nitriles is 2. The van der Waals surface area contributed by atoms with Crippen molar-refractivity contribution in [2.75, 3.05) is 7.05 Å². The van der Waals surface area contributed by atoms with Crippen molar-refractivity contribution in [3.8, 4) is 18.0 Å². The quantitative estimate of drug-likeness (QED) is 0.451. The molecule has 0 spiro atoms. The van der Waals surface area contributed by atoms with E-state index in [1.165, 1.54) is 4.90 Å². The largest absolute Gasteiger partial charge is 0.485 e. The van der Waals surface area contributed by atoms with Crippen LogP contribution in [-0.4, -0.2) is 34.7 Å². The molecule has 1 aromatic rings. The van der Waals surface area contributed by atoms with E-state index in [1.807, 2.05) is 0 Å². The first-order chi connectivity index (χ1) is 10.3. The van der Waals surface area contributed by atoms with E-state index in [2.05, 4.69) is 11.1 Å². The van der Waals surface area contributed by atoms with Crippen LogP contribution in [-0.2, 0) is 0 Å². The molecule has 0 unspecified atom stereocenters. The Morgan fingerprint density at radius 1 is 1.45 bits per heavy atom. The summed E-state index contributed by atoms with van der Waals surface area (Å²) in [6, 6.07) is 6.47. The van der Waals surface area contributed by atoms with Crippen LogP contribution in [0.1, 0.15) is 31.0 Å². The molecule has 7 nitrogen and oxygen atoms in total. The summed E-state index contributed by atoms with van der Waals surface area (Å²) in [5.74, 6) is 0.550. The highest BCUT2D eigenvalue weighted by Crippen LogP contribution is 2.42. The summed E-state index contributed by atoms with van der Waals surface area (Å²) < 4.78 is 5.82. The van der Waals surface area contributed by atoms with E-state index in [1.54, 1.807) is 45.3 Å². The third kappa shape index (κ3) is 2.54. The lowest BCUT2D eigenvalue weighted by Crippen LogP contribution is -2.54. The molecule has 3 N–H and O–H groups in total. The Bertz CT molecular complexity index is 699. The van der Waals surface area contributed by atoms with E-state index in [4.69, 9.17) is 21.0 Å². The number of hydrogen-bond donors (Lipinski definition) is 2. The summed E-state index contributed by atoms with van der Waals surface area (Å²) in [5.41, 5.74) is 6.00. The summed E-state index contributed by atoms with van der Waals surface area (Å²) in [5, 5.41) is 28.4. The van der Waals surface area contributed by atoms with Crippen LogP contribution in [0.4, 0.5) is 0 Å². The SMILES string of the molecule is CN(C(N)=NC#N)[C@@H]1c2cc(C#N)ccc2OC(C)(C)[C@H]1O. The number of aliphatic imine (C=N–C) groups is 1. The molecule has 22 heavy (non-hydrogen) atoms. The molecule has 114 valence electrons. The van der Waals surface area contributed by atoms with Gasteiger partial charge in [-0.05, 0) is 32.0 Å². The van der Waals surface area contributed by atoms with Gasteiger partial charge in [0.2, 0.25) is 12.2 Å². The minimum atomic E-state index is -0.925. The van der Waals surface area contributed by atoms with E-state index >= 15 is 0 Å². The second-order valence-electron chi connectivity index (χ2n) is 5.64. The van der Waals surface area contributed by atoms with Gasteiger partial charge in [0.1, 0.15) is 17.5 Å². The number of hydrogen-bond acceptors (Lipinski definition) is 5. The fraction of sp³-hybridized carbons (Fsp3) is 0.400. The van der Waals surface area contributed by atoms with Crippen LogP contribution < -0.4 is 10.5 Å². The number of nitrogens with two attached hydrogens (primary N) is 1. The molecule has 1 aliphatic rings. The molecule has 0 fully saturated rings. The highest BCUT2D eigenvalue weighted by molar-refractivity contribution is 5.79. The number of rotatable bonds is 1. The number of nitrogens with zero attached hydrogens (tertiary/aromatic N) is 4. The fourth-order valence-corrected chi connectivity index (χ4v) is 2.53. The Morgan fingerprint density at radius 3 is 2.73 bits per heavy atom. The van der Waals surface area contributed by atoms with Gasteiger partial charge in [0.15, 0.2) is 0 Å². The molecule has 0 amide bonds. The molecule has 1 heterocycles. The highest BCUT2D eigenvalue weighted by atomic mass is 16.5. The van der Waals surface area contributed by atoms with E-state index in [9.17, 15) is 5.11 Å². The molecule has 1 aliphatic heterocycles. The maximum Gasteiger partial charge on any atom is 0.209 e. The Hall–Kier alpha value is -2.77. The second-order valence-corrected chi connectivity index (χ2v) is 5.64. The van der Waals surface area contributed by atoms with Crippen molar-refractivity contribution in [1.29, 1.82) is 10.5 Å². The van der Waals surface area contributed by atoms with Gasteiger partial charge in [-0.1, -0.05) is 0 Å². The van der Waals surface area contributed by atoms with Gasteiger partial charge in [0, 0.05) is 12.6 Å². The monoisotopic (exact) mass is 299 g/mol. The second kappa shape index (κ2) is 5.55. The van der Waals surface area contributed by atoms with Crippen LogP contribution in [0.25, 0.3) is 0 Å². The summed E-state index contributed by atoms with van der Waals surface area (Å²) in [6.45, 7) is 3.52. The highest BCUT2D eigenvalue weighted by Gasteiger charge is 2.45. The molecule has 0 radical (unpaired) electrons. The van der Waals surface area contributed by atoms with Gasteiger partial charge in [-0.15, -0.1) is 4.99 Å². The van der Waals surface area contributed by atoms with Gasteiger partial charge >= 0.3 is 0 Å². The third-order valence-corrected chi connectivity index (χ3v) is 3.79. The van der Waals surface area contributed by atoms with E-state index in [-0.39, 0.29) is 5.96 Å². The van der Waals surface area contributed by atoms with Crippen LogP contribution >= 0.6 is 0 Å². The molecule has 0 saturated carbocycles. The van der Waals surface area contributed by atoms with Crippen molar-refractivity contribution in [3.63, 3.8) is 0 Å². The smallest absolute Gasteiger partial charge is 0.209 e. The lowest BCUT2D eigenvalue weighted by Gasteiger charge is -2.45. The number of fused-ring (bicyclic) bond motifs is 1. The van der Waals surface area contributed by atoms with Crippen LogP contribution in [0.3, 0.4) is 0 Å². The van der Waals surface area contributed by atoms with Crippen molar-refractivity contribution in [2.24, 2.45) is 10.7 Å². The normalized spacial score (nSPS) is 22.7. The van der Waals surface area contributed by atoms with E-state index in [0.717, 1.165) is 0 Å². The predicted molar refractivity (Wildman–Crippen MR) is 79.6 cm³/mol. The molecule has 0 bridgehead atoms. The first-order valence-corrected chi connectivity index (χ1v) is 6.68. The molecular weight excluding hydrogens is 282 g/mol. The summed E-state index contributed by atoms with van der Waals surface area (Å²) in [7, 11) is 1.63. The molecule has 2 rings (SSSR count). The lowest BCUT2D eigenvalue weighted by atomic mass is 9.85. The number of ether oxygens (including phenoxy) is 1. The molecule has 2 atom stereocenters. The third-order valence-electron chi connectivity index (χ3n) is 3.79. The summed E-state index contributed by atoms with van der Waals surface area (Å²) in [4.78, 5) is 5.02. The Labute approximate surface area is 128 Å². The van der Waals surface area contributed by atoms with Gasteiger partial charge in [-0.2, -0.15) is 10.5 Å². The van der Waals surface area contributed by atoms with Gasteiger partial charge in [-0.3, -0.25) is 0 Å². The van der Waals surface area contributed by atoms with E-state index in [0.29, 0.717) is 16.9 Å². The number of aliphatic hydroxyl groups is 1. The molecule has 1 aromatic carbocycles. The Morgan fingerprint density at radius 2 is 2.14 bits per heavy atom. The molecule has 7 heteroatoms. The van der Waals surface area contributed by atoms with Gasteiger partial charge < -0.3 is 20.5 Å². The number of guanidine groups is 1. The van der Waals surface area contributed by atoms with Gasteiger partial charge in [-0.25, -0.2) is 0 Å². The molecule has 0 aromatic heterocycles. The maximum absolute atomic E-state index is 10.7. The molecule has 0 aliphatic carbocycles. The van der Waals surface area contributed by atoms with Crippen molar-refractivity contribution in [3.05, 3.63) is 29.3 Å². The maximum atomic E-state index is 10.7. The summed E-state index contributed by atoms with van der Waals surface area (Å²) >= 11 is 0. The fourth-order valence-electron chi connectivity index (χ4n) is 2.53. The minimum Gasteiger partial charge on any atom is -0.485 e. The first-order valence-electron chi connectivity index (χ1n) is 6.68. The average molecular weight is 299 g/mol. The topological polar surface area (TPSA) is 119 Å². The number of benzene rings is 1. The van der Waals surface area contributed by atoms with Crippen LogP contribution in [0.15, 0.2) is 23.2 Å². The zero-order valence-corrected chi connectivity index (χ0v) is 12.6. The molecular formula is C15H17N5O2. The van der Waals surface area contributed by atoms with Crippen molar-refractivity contribution in [2.45, 2.75) is 31.6 Å². The minimum absolute atomic E-state index is 0.0161. The van der Waals surface area contributed by atoms with Crippen LogP contribution in [0.5, 0.6) is 5.75 Å². The first kappa shape index (κ1) is 15.6. The predicted octanol–water partition coefficient (Wildman–Crippen LogP) is 0.859. The lowest BCUT2D eigenvalue weighted by molar-refractivity contribution is -0.0786. The number of aliphatic hydroxyl groups excluding tert-OH is 1. The van der Waals surface area contributed by atoms with E-state index < -0.39 is 17.7 Å².